The molecule has 0 radical (unpaired) electrons. The zero-order valence-corrected chi connectivity index (χ0v) is 20.5. The summed E-state index contributed by atoms with van der Waals surface area (Å²) in [5, 5.41) is 1.28. The van der Waals surface area contributed by atoms with Crippen LogP contribution in [-0.2, 0) is 4.43 Å². The Morgan fingerprint density at radius 1 is 1.07 bits per heavy atom. The van der Waals surface area contributed by atoms with Crippen molar-refractivity contribution in [3.8, 4) is 0 Å². The summed E-state index contributed by atoms with van der Waals surface area (Å²) in [6.07, 6.45) is 8.26. The fraction of sp³-hybridized carbons (Fsp3) is 0.773. The summed E-state index contributed by atoms with van der Waals surface area (Å²) in [6, 6.07) is 3.39. The summed E-state index contributed by atoms with van der Waals surface area (Å²) in [7, 11) is -1.75. The lowest BCUT2D eigenvalue weighted by Gasteiger charge is -2.44. The Kier molecular flexibility index (Phi) is 8.25. The molecule has 1 aliphatic carbocycles. The van der Waals surface area contributed by atoms with E-state index in [0.717, 1.165) is 42.0 Å². The molecule has 1 atom stereocenters. The third kappa shape index (κ3) is 5.71. The topological polar surface area (TPSA) is 22.1 Å². The predicted molar refractivity (Wildman–Crippen MR) is 120 cm³/mol. The van der Waals surface area contributed by atoms with Gasteiger partial charge in [-0.05, 0) is 61.1 Å². The van der Waals surface area contributed by atoms with E-state index in [4.69, 9.17) is 27.6 Å². The standard InChI is InChI=1S/C22H37Cl2NOSi/c1-7-27(8-2,9-3)26-20(21-18(23)14-25-15-19(21)24)11-10-16-12-17(13-16)22(4,5)6/h14-17,20H,7-13H2,1-6H3. The zero-order chi connectivity index (χ0) is 20.2. The Morgan fingerprint density at radius 2 is 1.59 bits per heavy atom. The fourth-order valence-corrected chi connectivity index (χ4v) is 7.81. The SMILES string of the molecule is CC[Si](CC)(CC)OC(CCC1CC(C(C)(C)C)C1)c1c(Cl)cncc1Cl. The number of hydrogen-bond donors (Lipinski definition) is 0. The lowest BCUT2D eigenvalue weighted by atomic mass is 9.62. The zero-order valence-electron chi connectivity index (χ0n) is 17.9. The molecule has 0 aromatic carbocycles. The molecular weight excluding hydrogens is 393 g/mol. The van der Waals surface area contributed by atoms with E-state index in [9.17, 15) is 0 Å². The lowest BCUT2D eigenvalue weighted by molar-refractivity contribution is 0.0594. The van der Waals surface area contributed by atoms with Gasteiger partial charge in [0, 0.05) is 18.0 Å². The third-order valence-corrected chi connectivity index (χ3v) is 12.1. The minimum atomic E-state index is -1.75. The van der Waals surface area contributed by atoms with Gasteiger partial charge in [-0.25, -0.2) is 0 Å². The maximum atomic E-state index is 6.89. The summed E-state index contributed by atoms with van der Waals surface area (Å²) in [4.78, 5) is 4.14. The van der Waals surface area contributed by atoms with Crippen LogP contribution in [0.2, 0.25) is 28.2 Å². The third-order valence-electron chi connectivity index (χ3n) is 6.84. The largest absolute Gasteiger partial charge is 0.410 e. The van der Waals surface area contributed by atoms with Crippen LogP contribution in [0.5, 0.6) is 0 Å². The van der Waals surface area contributed by atoms with Crippen molar-refractivity contribution < 1.29 is 4.43 Å². The predicted octanol–water partition coefficient (Wildman–Crippen LogP) is 8.30. The van der Waals surface area contributed by atoms with Gasteiger partial charge in [0.1, 0.15) is 0 Å². The van der Waals surface area contributed by atoms with Gasteiger partial charge >= 0.3 is 0 Å². The molecule has 1 aromatic heterocycles. The molecule has 1 fully saturated rings. The van der Waals surface area contributed by atoms with E-state index in [2.05, 4.69) is 46.5 Å². The van der Waals surface area contributed by atoms with Crippen LogP contribution in [0.4, 0.5) is 0 Å². The smallest absolute Gasteiger partial charge is 0.192 e. The normalized spacial score (nSPS) is 21.8. The summed E-state index contributed by atoms with van der Waals surface area (Å²) in [5.41, 5.74) is 1.38. The van der Waals surface area contributed by atoms with Crippen molar-refractivity contribution in [3.05, 3.63) is 28.0 Å². The molecule has 0 bridgehead atoms. The average molecular weight is 431 g/mol. The molecule has 0 amide bonds. The average Bonchev–Trinajstić information content (AvgIpc) is 2.56. The number of pyridine rings is 1. The van der Waals surface area contributed by atoms with Gasteiger partial charge in [-0.3, -0.25) is 4.98 Å². The first kappa shape index (κ1) is 23.2. The molecular formula is C22H37Cl2NOSi. The summed E-state index contributed by atoms with van der Waals surface area (Å²) in [6.45, 7) is 13.9. The highest BCUT2D eigenvalue weighted by molar-refractivity contribution is 6.73. The minimum absolute atomic E-state index is 0.00629. The quantitative estimate of drug-likeness (QED) is 0.368. The van der Waals surface area contributed by atoms with E-state index in [0.29, 0.717) is 15.5 Å². The van der Waals surface area contributed by atoms with Crippen molar-refractivity contribution in [2.24, 2.45) is 17.3 Å². The summed E-state index contributed by atoms with van der Waals surface area (Å²) < 4.78 is 6.89. The molecule has 1 saturated carbocycles. The fourth-order valence-electron chi connectivity index (χ4n) is 4.36. The van der Waals surface area contributed by atoms with Gasteiger partial charge in [0.05, 0.1) is 16.1 Å². The number of nitrogens with zero attached hydrogens (tertiary/aromatic N) is 1. The highest BCUT2D eigenvalue weighted by atomic mass is 35.5. The van der Waals surface area contributed by atoms with Crippen LogP contribution in [0.15, 0.2) is 12.4 Å². The van der Waals surface area contributed by atoms with Gasteiger partial charge < -0.3 is 4.43 Å². The molecule has 0 spiro atoms. The van der Waals surface area contributed by atoms with Crippen molar-refractivity contribution in [2.45, 2.75) is 91.5 Å². The summed E-state index contributed by atoms with van der Waals surface area (Å²) >= 11 is 13.0. The number of hydrogen-bond acceptors (Lipinski definition) is 2. The van der Waals surface area contributed by atoms with Crippen molar-refractivity contribution >= 4 is 31.5 Å². The van der Waals surface area contributed by atoms with E-state index in [1.165, 1.54) is 19.3 Å². The molecule has 0 saturated heterocycles. The van der Waals surface area contributed by atoms with Gasteiger partial charge in [0.25, 0.3) is 0 Å². The molecule has 1 aromatic rings. The van der Waals surface area contributed by atoms with Crippen molar-refractivity contribution in [1.82, 2.24) is 4.98 Å². The first-order valence-electron chi connectivity index (χ1n) is 10.6. The van der Waals surface area contributed by atoms with Crippen molar-refractivity contribution in [1.29, 1.82) is 0 Å². The van der Waals surface area contributed by atoms with Crippen LogP contribution < -0.4 is 0 Å². The molecule has 2 nitrogen and oxygen atoms in total. The Hall–Kier alpha value is -0.0931. The second-order valence-corrected chi connectivity index (χ2v) is 14.9. The number of aromatic nitrogens is 1. The molecule has 27 heavy (non-hydrogen) atoms. The molecule has 1 heterocycles. The van der Waals surface area contributed by atoms with Crippen LogP contribution in [0.3, 0.4) is 0 Å². The number of halogens is 2. The maximum absolute atomic E-state index is 6.89. The van der Waals surface area contributed by atoms with Crippen LogP contribution in [0, 0.1) is 17.3 Å². The Labute approximate surface area is 177 Å². The minimum Gasteiger partial charge on any atom is -0.410 e. The van der Waals surface area contributed by atoms with Crippen molar-refractivity contribution in [2.75, 3.05) is 0 Å². The maximum Gasteiger partial charge on any atom is 0.192 e. The summed E-state index contributed by atoms with van der Waals surface area (Å²) in [5.74, 6) is 1.66. The van der Waals surface area contributed by atoms with E-state index in [1.807, 2.05) is 0 Å². The molecule has 1 unspecified atom stereocenters. The second-order valence-electron chi connectivity index (χ2n) is 9.34. The first-order valence-corrected chi connectivity index (χ1v) is 13.9. The second kappa shape index (κ2) is 9.60. The lowest BCUT2D eigenvalue weighted by Crippen LogP contribution is -2.38. The Balaban J connectivity index is 2.14. The molecule has 5 heteroatoms. The van der Waals surface area contributed by atoms with Gasteiger partial charge in [-0.15, -0.1) is 0 Å². The van der Waals surface area contributed by atoms with Crippen molar-refractivity contribution in [3.63, 3.8) is 0 Å². The van der Waals surface area contributed by atoms with E-state index in [-0.39, 0.29) is 6.10 Å². The van der Waals surface area contributed by atoms with Gasteiger partial charge in [0.15, 0.2) is 8.32 Å². The van der Waals surface area contributed by atoms with E-state index in [1.54, 1.807) is 12.4 Å². The van der Waals surface area contributed by atoms with E-state index < -0.39 is 8.32 Å². The molecule has 154 valence electrons. The number of rotatable bonds is 9. The Bertz CT molecular complexity index is 578. The molecule has 0 aliphatic heterocycles. The van der Waals surface area contributed by atoms with Gasteiger partial charge in [-0.2, -0.15) is 0 Å². The van der Waals surface area contributed by atoms with Crippen LogP contribution in [-0.4, -0.2) is 13.3 Å². The van der Waals surface area contributed by atoms with Crippen LogP contribution in [0.1, 0.15) is 78.9 Å². The van der Waals surface area contributed by atoms with Crippen LogP contribution in [0.25, 0.3) is 0 Å². The van der Waals surface area contributed by atoms with Gasteiger partial charge in [0.2, 0.25) is 0 Å². The Morgan fingerprint density at radius 3 is 2.04 bits per heavy atom. The monoisotopic (exact) mass is 429 g/mol. The molecule has 1 aliphatic rings. The highest BCUT2D eigenvalue weighted by Gasteiger charge is 2.38. The highest BCUT2D eigenvalue weighted by Crippen LogP contribution is 2.48. The van der Waals surface area contributed by atoms with E-state index >= 15 is 0 Å². The molecule has 0 N–H and O–H groups in total. The van der Waals surface area contributed by atoms with Gasteiger partial charge in [-0.1, -0.05) is 64.7 Å². The first-order chi connectivity index (χ1) is 12.7. The van der Waals surface area contributed by atoms with Crippen LogP contribution >= 0.6 is 23.2 Å². The molecule has 2 rings (SSSR count).